The number of amides is 1. The minimum Gasteiger partial charge on any atom is -0.330 e. The van der Waals surface area contributed by atoms with Gasteiger partial charge in [-0.2, -0.15) is 0 Å². The number of aromatic nitrogens is 1. The fourth-order valence-electron chi connectivity index (χ4n) is 3.31. The Hall–Kier alpha value is -1.64. The SMILES string of the molecule is Cc1sc(NC(=O)[C@@H]2CCC[C@@H]2CN)nc1-c1c(F)cc(F)cc1F.Cl. The number of hydrogen-bond acceptors (Lipinski definition) is 4. The van der Waals surface area contributed by atoms with Gasteiger partial charge in [-0.15, -0.1) is 23.7 Å². The smallest absolute Gasteiger partial charge is 0.229 e. The number of benzene rings is 1. The third-order valence-electron chi connectivity index (χ3n) is 4.57. The van der Waals surface area contributed by atoms with Gasteiger partial charge in [0.2, 0.25) is 5.91 Å². The Labute approximate surface area is 159 Å². The highest BCUT2D eigenvalue weighted by Gasteiger charge is 2.32. The van der Waals surface area contributed by atoms with Crippen LogP contribution in [0.3, 0.4) is 0 Å². The average molecular weight is 406 g/mol. The quantitative estimate of drug-likeness (QED) is 0.798. The van der Waals surface area contributed by atoms with Crippen molar-refractivity contribution >= 4 is 34.8 Å². The molecule has 3 rings (SSSR count). The van der Waals surface area contributed by atoms with Crippen LogP contribution in [-0.4, -0.2) is 17.4 Å². The zero-order valence-electron chi connectivity index (χ0n) is 14.0. The second-order valence-corrected chi connectivity index (χ2v) is 7.39. The number of nitrogens with two attached hydrogens (primary N) is 1. The lowest BCUT2D eigenvalue weighted by molar-refractivity contribution is -0.120. The molecule has 1 amide bonds. The molecule has 1 saturated carbocycles. The molecule has 0 radical (unpaired) electrons. The molecule has 0 saturated heterocycles. The molecule has 142 valence electrons. The van der Waals surface area contributed by atoms with Crippen LogP contribution in [0.25, 0.3) is 11.3 Å². The summed E-state index contributed by atoms with van der Waals surface area (Å²) >= 11 is 1.13. The van der Waals surface area contributed by atoms with Crippen molar-refractivity contribution in [2.24, 2.45) is 17.6 Å². The first-order valence-corrected chi connectivity index (χ1v) is 8.85. The number of aryl methyl sites for hydroxylation is 1. The van der Waals surface area contributed by atoms with Crippen molar-refractivity contribution in [3.05, 3.63) is 34.5 Å². The molecule has 26 heavy (non-hydrogen) atoms. The standard InChI is InChI=1S/C17H18F3N3OS.ClH/c1-8-15(14-12(19)5-10(18)6-13(14)20)22-17(25-8)23-16(24)11-4-2-3-9(11)7-21;/h5-6,9,11H,2-4,7,21H2,1H3,(H,22,23,24);1H/t9-,11-;/m1./s1. The van der Waals surface area contributed by atoms with E-state index >= 15 is 0 Å². The molecule has 0 bridgehead atoms. The maximum Gasteiger partial charge on any atom is 0.229 e. The number of rotatable bonds is 4. The average Bonchev–Trinajstić information content (AvgIpc) is 3.13. The fourth-order valence-corrected chi connectivity index (χ4v) is 4.14. The Morgan fingerprint density at radius 2 is 1.96 bits per heavy atom. The molecule has 1 heterocycles. The lowest BCUT2D eigenvalue weighted by Gasteiger charge is -2.16. The molecule has 1 aromatic carbocycles. The number of hydrogen-bond donors (Lipinski definition) is 2. The normalized spacial score (nSPS) is 19.3. The Morgan fingerprint density at radius 1 is 1.31 bits per heavy atom. The lowest BCUT2D eigenvalue weighted by Crippen LogP contribution is -2.29. The highest BCUT2D eigenvalue weighted by Crippen LogP contribution is 2.36. The number of anilines is 1. The number of thiazole rings is 1. The molecule has 9 heteroatoms. The molecule has 1 aliphatic carbocycles. The van der Waals surface area contributed by atoms with Gasteiger partial charge >= 0.3 is 0 Å². The third kappa shape index (κ3) is 4.02. The van der Waals surface area contributed by atoms with Crippen LogP contribution in [0.4, 0.5) is 18.3 Å². The van der Waals surface area contributed by atoms with Crippen LogP contribution in [0, 0.1) is 36.2 Å². The Balaban J connectivity index is 0.00000243. The Morgan fingerprint density at radius 3 is 2.58 bits per heavy atom. The largest absolute Gasteiger partial charge is 0.330 e. The van der Waals surface area contributed by atoms with Gasteiger partial charge in [-0.1, -0.05) is 6.42 Å². The molecule has 1 fully saturated rings. The summed E-state index contributed by atoms with van der Waals surface area (Å²) in [6.45, 7) is 2.09. The molecule has 1 aromatic heterocycles. The summed E-state index contributed by atoms with van der Waals surface area (Å²) in [5, 5.41) is 2.99. The van der Waals surface area contributed by atoms with Crippen LogP contribution < -0.4 is 11.1 Å². The van der Waals surface area contributed by atoms with Gasteiger partial charge in [0.25, 0.3) is 0 Å². The van der Waals surface area contributed by atoms with E-state index in [0.29, 0.717) is 23.6 Å². The van der Waals surface area contributed by atoms with Crippen molar-refractivity contribution in [3.63, 3.8) is 0 Å². The van der Waals surface area contributed by atoms with Crippen LogP contribution in [0.1, 0.15) is 24.1 Å². The first-order chi connectivity index (χ1) is 11.9. The highest BCUT2D eigenvalue weighted by atomic mass is 35.5. The molecule has 2 atom stereocenters. The first kappa shape index (κ1) is 20.7. The van der Waals surface area contributed by atoms with Gasteiger partial charge in [-0.3, -0.25) is 4.79 Å². The molecule has 3 N–H and O–H groups in total. The van der Waals surface area contributed by atoms with Crippen LogP contribution in [0.5, 0.6) is 0 Å². The van der Waals surface area contributed by atoms with E-state index in [2.05, 4.69) is 10.3 Å². The van der Waals surface area contributed by atoms with Gasteiger partial charge in [0.1, 0.15) is 17.5 Å². The van der Waals surface area contributed by atoms with E-state index in [4.69, 9.17) is 5.73 Å². The number of carbonyl (C=O) groups is 1. The van der Waals surface area contributed by atoms with E-state index in [0.717, 1.165) is 30.6 Å². The van der Waals surface area contributed by atoms with Crippen LogP contribution >= 0.6 is 23.7 Å². The summed E-state index contributed by atoms with van der Waals surface area (Å²) in [5.41, 5.74) is 5.37. The lowest BCUT2D eigenvalue weighted by atomic mass is 9.95. The van der Waals surface area contributed by atoms with Crippen molar-refractivity contribution in [2.75, 3.05) is 11.9 Å². The first-order valence-electron chi connectivity index (χ1n) is 8.04. The fraction of sp³-hybridized carbons (Fsp3) is 0.412. The molecule has 0 aliphatic heterocycles. The van der Waals surface area contributed by atoms with Crippen molar-refractivity contribution in [2.45, 2.75) is 26.2 Å². The Kier molecular flexibility index (Phi) is 6.65. The van der Waals surface area contributed by atoms with Crippen LogP contribution in [0.2, 0.25) is 0 Å². The molecular formula is C17H19ClF3N3OS. The molecule has 0 unspecified atom stereocenters. The molecule has 0 spiro atoms. The zero-order chi connectivity index (χ0) is 18.1. The van der Waals surface area contributed by atoms with Crippen LogP contribution in [0.15, 0.2) is 12.1 Å². The van der Waals surface area contributed by atoms with Crippen molar-refractivity contribution in [1.29, 1.82) is 0 Å². The topological polar surface area (TPSA) is 68.0 Å². The van der Waals surface area contributed by atoms with Crippen LogP contribution in [-0.2, 0) is 4.79 Å². The third-order valence-corrected chi connectivity index (χ3v) is 5.46. The summed E-state index contributed by atoms with van der Waals surface area (Å²) in [4.78, 5) is 17.1. The predicted molar refractivity (Wildman–Crippen MR) is 97.9 cm³/mol. The van der Waals surface area contributed by atoms with E-state index in [-0.39, 0.29) is 41.0 Å². The van der Waals surface area contributed by atoms with Crippen molar-refractivity contribution in [1.82, 2.24) is 4.98 Å². The van der Waals surface area contributed by atoms with Gasteiger partial charge < -0.3 is 11.1 Å². The van der Waals surface area contributed by atoms with Gasteiger partial charge in [-0.05, 0) is 32.2 Å². The summed E-state index contributed by atoms with van der Waals surface area (Å²) in [6.07, 6.45) is 2.64. The molecule has 4 nitrogen and oxygen atoms in total. The highest BCUT2D eigenvalue weighted by molar-refractivity contribution is 7.16. The summed E-state index contributed by atoms with van der Waals surface area (Å²) in [7, 11) is 0. The summed E-state index contributed by atoms with van der Waals surface area (Å²) in [6, 6.07) is 1.22. The van der Waals surface area contributed by atoms with Gasteiger partial charge in [0.15, 0.2) is 5.13 Å². The predicted octanol–water partition coefficient (Wildman–Crippen LogP) is 4.27. The van der Waals surface area contributed by atoms with Crippen molar-refractivity contribution in [3.8, 4) is 11.3 Å². The summed E-state index contributed by atoms with van der Waals surface area (Å²) in [5.74, 6) is -3.24. The molecule has 1 aliphatic rings. The van der Waals surface area contributed by atoms with Crippen molar-refractivity contribution < 1.29 is 18.0 Å². The van der Waals surface area contributed by atoms with E-state index in [1.54, 1.807) is 6.92 Å². The van der Waals surface area contributed by atoms with E-state index in [9.17, 15) is 18.0 Å². The second kappa shape index (κ2) is 8.37. The minimum atomic E-state index is -1.03. The molecular weight excluding hydrogens is 387 g/mol. The number of halogens is 4. The number of carbonyl (C=O) groups excluding carboxylic acids is 1. The van der Waals surface area contributed by atoms with E-state index in [1.165, 1.54) is 0 Å². The monoisotopic (exact) mass is 405 g/mol. The van der Waals surface area contributed by atoms with Gasteiger partial charge in [-0.25, -0.2) is 18.2 Å². The number of nitrogens with one attached hydrogen (secondary N) is 1. The molecule has 2 aromatic rings. The van der Waals surface area contributed by atoms with Gasteiger partial charge in [0, 0.05) is 22.9 Å². The zero-order valence-corrected chi connectivity index (χ0v) is 15.7. The summed E-state index contributed by atoms with van der Waals surface area (Å²) < 4.78 is 41.0. The maximum absolute atomic E-state index is 14.0. The number of nitrogens with zero attached hydrogens (tertiary/aromatic N) is 1. The maximum atomic E-state index is 14.0. The minimum absolute atomic E-state index is 0. The Bertz CT molecular complexity index is 792. The van der Waals surface area contributed by atoms with E-state index in [1.807, 2.05) is 0 Å². The van der Waals surface area contributed by atoms with E-state index < -0.39 is 23.0 Å². The van der Waals surface area contributed by atoms with Gasteiger partial charge in [0.05, 0.1) is 11.3 Å². The second-order valence-electron chi connectivity index (χ2n) is 6.19.